The molecule has 0 bridgehead atoms. The van der Waals surface area contributed by atoms with Gasteiger partial charge in [-0.05, 0) is 68.1 Å². The van der Waals surface area contributed by atoms with Gasteiger partial charge in [0.05, 0.1) is 22.5 Å². The van der Waals surface area contributed by atoms with Gasteiger partial charge >= 0.3 is 17.9 Å². The predicted octanol–water partition coefficient (Wildman–Crippen LogP) is 1.35. The van der Waals surface area contributed by atoms with Crippen LogP contribution < -0.4 is 21.5 Å². The largest absolute Gasteiger partial charge is 0.481 e. The molecule has 3 aromatic rings. The van der Waals surface area contributed by atoms with Crippen LogP contribution >= 0.6 is 0 Å². The van der Waals surface area contributed by atoms with E-state index in [0.717, 1.165) is 23.3 Å². The van der Waals surface area contributed by atoms with E-state index >= 15 is 4.39 Å². The number of nitrogens with one attached hydrogen (secondary N) is 2. The van der Waals surface area contributed by atoms with Crippen LogP contribution in [0.4, 0.5) is 10.1 Å². The van der Waals surface area contributed by atoms with E-state index in [2.05, 4.69) is 9.97 Å². The molecule has 7 N–H and O–H groups in total. The van der Waals surface area contributed by atoms with Crippen LogP contribution in [0, 0.1) is 25.6 Å². The monoisotopic (exact) mass is 613 g/mol. The van der Waals surface area contributed by atoms with E-state index in [9.17, 15) is 39.0 Å². The van der Waals surface area contributed by atoms with Crippen LogP contribution in [0.3, 0.4) is 0 Å². The second kappa shape index (κ2) is 13.9. The molecule has 15 heteroatoms. The van der Waals surface area contributed by atoms with Gasteiger partial charge in [-0.2, -0.15) is 0 Å². The summed E-state index contributed by atoms with van der Waals surface area (Å²) < 4.78 is 15.1. The molecule has 0 spiro atoms. The van der Waals surface area contributed by atoms with Crippen LogP contribution in [0.5, 0.6) is 0 Å². The molecule has 234 valence electrons. The van der Waals surface area contributed by atoms with E-state index in [1.165, 1.54) is 6.07 Å². The van der Waals surface area contributed by atoms with Gasteiger partial charge in [-0.15, -0.1) is 0 Å². The fourth-order valence-corrected chi connectivity index (χ4v) is 4.61. The molecule has 0 radical (unpaired) electrons. The number of amides is 1. The van der Waals surface area contributed by atoms with Crippen molar-refractivity contribution in [1.82, 2.24) is 15.3 Å². The van der Waals surface area contributed by atoms with Gasteiger partial charge in [0.15, 0.2) is 5.78 Å². The van der Waals surface area contributed by atoms with Crippen molar-refractivity contribution in [2.24, 2.45) is 11.7 Å². The predicted molar refractivity (Wildman–Crippen MR) is 155 cm³/mol. The molecule has 14 nitrogen and oxygen atoms in total. The Morgan fingerprint density at radius 1 is 1.07 bits per heavy atom. The summed E-state index contributed by atoms with van der Waals surface area (Å²) in [5, 5.41) is 30.3. The van der Waals surface area contributed by atoms with Crippen molar-refractivity contribution in [1.29, 1.82) is 0 Å². The van der Waals surface area contributed by atoms with Gasteiger partial charge < -0.3 is 36.3 Å². The molecular weight excluding hydrogens is 581 g/mol. The first kappa shape index (κ1) is 33.3. The van der Waals surface area contributed by atoms with Crippen LogP contribution in [0.25, 0.3) is 10.9 Å². The lowest BCUT2D eigenvalue weighted by Gasteiger charge is -2.22. The fraction of sp³-hybridized carbons (Fsp3) is 0.345. The van der Waals surface area contributed by atoms with Gasteiger partial charge in [0, 0.05) is 25.7 Å². The Bertz CT molecular complexity index is 1690. The molecule has 0 aliphatic heterocycles. The highest BCUT2D eigenvalue weighted by molar-refractivity contribution is 6.02. The molecule has 1 heterocycles. The molecule has 1 amide bonds. The quantitative estimate of drug-likeness (QED) is 0.141. The maximum absolute atomic E-state index is 15.1. The number of aryl methyl sites for hydroxylation is 2. The van der Waals surface area contributed by atoms with Gasteiger partial charge in [0.1, 0.15) is 23.6 Å². The van der Waals surface area contributed by atoms with E-state index in [0.29, 0.717) is 22.4 Å². The second-order valence-corrected chi connectivity index (χ2v) is 10.4. The minimum absolute atomic E-state index is 0.264. The van der Waals surface area contributed by atoms with Crippen molar-refractivity contribution in [2.75, 3.05) is 11.9 Å². The number of anilines is 1. The lowest BCUT2D eigenvalue weighted by molar-refractivity contribution is -0.148. The number of aromatic nitrogens is 2. The molecule has 3 atom stereocenters. The molecule has 2 aromatic carbocycles. The zero-order valence-corrected chi connectivity index (χ0v) is 24.1. The lowest BCUT2D eigenvalue weighted by atomic mass is 9.90. The molecule has 0 saturated heterocycles. The van der Waals surface area contributed by atoms with Crippen molar-refractivity contribution in [3.63, 3.8) is 0 Å². The van der Waals surface area contributed by atoms with Gasteiger partial charge in [-0.3, -0.25) is 24.0 Å². The van der Waals surface area contributed by atoms with Crippen molar-refractivity contribution in [2.45, 2.75) is 51.7 Å². The Balaban J connectivity index is 1.76. The molecule has 0 aliphatic carbocycles. The number of rotatable bonds is 14. The number of nitrogens with two attached hydrogens (primary N) is 1. The summed E-state index contributed by atoms with van der Waals surface area (Å²) in [7, 11) is 1.67. The van der Waals surface area contributed by atoms with E-state index in [1.54, 1.807) is 31.0 Å². The Morgan fingerprint density at radius 3 is 2.34 bits per heavy atom. The number of Topliss-reactive ketones (excluding diaryl/α,β-unsaturated/α-hetero) is 1. The van der Waals surface area contributed by atoms with E-state index in [4.69, 9.17) is 10.8 Å². The number of fused-ring (bicyclic) bond motifs is 1. The number of aliphatic carboxylic acids is 3. The number of nitrogens with zero attached hydrogens (tertiary/aromatic N) is 2. The number of benzene rings is 2. The summed E-state index contributed by atoms with van der Waals surface area (Å²) in [4.78, 5) is 80.7. The van der Waals surface area contributed by atoms with Crippen LogP contribution in [-0.4, -0.2) is 74.0 Å². The first-order chi connectivity index (χ1) is 20.6. The summed E-state index contributed by atoms with van der Waals surface area (Å²) in [6.07, 6.45) is -1.78. The van der Waals surface area contributed by atoms with Gasteiger partial charge in [0.2, 0.25) is 0 Å². The third kappa shape index (κ3) is 8.01. The Labute approximate surface area is 249 Å². The van der Waals surface area contributed by atoms with E-state index in [-0.39, 0.29) is 18.5 Å². The zero-order chi connectivity index (χ0) is 32.9. The summed E-state index contributed by atoms with van der Waals surface area (Å²) in [5.41, 5.74) is 7.31. The van der Waals surface area contributed by atoms with Crippen LogP contribution in [0.15, 0.2) is 35.1 Å². The summed E-state index contributed by atoms with van der Waals surface area (Å²) >= 11 is 0. The Morgan fingerprint density at radius 2 is 1.75 bits per heavy atom. The van der Waals surface area contributed by atoms with Gasteiger partial charge in [-0.1, -0.05) is 0 Å². The molecule has 44 heavy (non-hydrogen) atoms. The first-order valence-electron chi connectivity index (χ1n) is 13.4. The van der Waals surface area contributed by atoms with Crippen LogP contribution in [0.1, 0.15) is 46.6 Å². The molecule has 0 saturated carbocycles. The first-order valence-corrected chi connectivity index (χ1v) is 13.4. The number of halogens is 1. The van der Waals surface area contributed by atoms with Crippen LogP contribution in [0.2, 0.25) is 0 Å². The fourth-order valence-electron chi connectivity index (χ4n) is 4.61. The Hall–Kier alpha value is -5.18. The second-order valence-electron chi connectivity index (χ2n) is 10.4. The van der Waals surface area contributed by atoms with Gasteiger partial charge in [-0.25, -0.2) is 14.2 Å². The maximum Gasteiger partial charge on any atom is 0.326 e. The minimum atomic E-state index is -1.96. The highest BCUT2D eigenvalue weighted by atomic mass is 19.1. The topological polar surface area (TPSA) is 233 Å². The average Bonchev–Trinajstić information content (AvgIpc) is 2.93. The molecule has 0 aliphatic rings. The lowest BCUT2D eigenvalue weighted by Crippen LogP contribution is -2.47. The molecule has 1 unspecified atom stereocenters. The normalized spacial score (nSPS) is 13.1. The number of carbonyl (C=O) groups excluding carboxylic acids is 2. The van der Waals surface area contributed by atoms with Crippen molar-refractivity contribution in [3.05, 3.63) is 69.0 Å². The van der Waals surface area contributed by atoms with Crippen molar-refractivity contribution in [3.8, 4) is 0 Å². The smallest absolute Gasteiger partial charge is 0.326 e. The SMILES string of the molecule is Cc1nc2cc(C)c(CN(C)c3ccc(C(=O)N[C@H](CC(C(=O)O)C(=O)[C@H](N)CCC(=O)O)C(=O)O)c(F)c3)cc2c(=O)[nH]1. The highest BCUT2D eigenvalue weighted by Gasteiger charge is 2.36. The third-order valence-electron chi connectivity index (χ3n) is 7.08. The third-order valence-corrected chi connectivity index (χ3v) is 7.08. The number of ketones is 1. The zero-order valence-electron chi connectivity index (χ0n) is 24.1. The number of carboxylic acid groups (broad SMARTS) is 3. The molecular formula is C29H32FN5O9. The number of aromatic amines is 1. The number of carbonyl (C=O) groups is 5. The van der Waals surface area contributed by atoms with Crippen LogP contribution in [-0.2, 0) is 25.7 Å². The summed E-state index contributed by atoms with van der Waals surface area (Å²) in [6, 6.07) is 3.70. The number of hydrogen-bond donors (Lipinski definition) is 6. The molecule has 3 rings (SSSR count). The minimum Gasteiger partial charge on any atom is -0.481 e. The van der Waals surface area contributed by atoms with E-state index in [1.807, 2.05) is 12.2 Å². The number of carboxylic acids is 3. The average molecular weight is 614 g/mol. The summed E-state index contributed by atoms with van der Waals surface area (Å²) in [6.45, 7) is 3.79. The molecule has 1 aromatic heterocycles. The van der Waals surface area contributed by atoms with Crippen molar-refractivity contribution >= 4 is 46.2 Å². The Kier molecular flexibility index (Phi) is 10.5. The maximum atomic E-state index is 15.1. The standard InChI is InChI=1S/C29H32FN5O9/c1-13-8-22-18(27(40)33-14(2)32-22)9-15(13)12-35(3)16-4-5-17(20(30)10-16)26(39)34-23(29(43)44)11-19(28(41)42)25(38)21(31)6-7-24(36)37/h4-5,8-10,19,21,23H,6-7,11-12,31H2,1-3H3,(H,34,39)(H,36,37)(H,41,42)(H,43,44)(H,32,33,40)/t19?,21-,23-/m1/s1. The van der Waals surface area contributed by atoms with Gasteiger partial charge in [0.25, 0.3) is 11.5 Å². The summed E-state index contributed by atoms with van der Waals surface area (Å²) in [5.74, 6) is -9.39. The number of hydrogen-bond acceptors (Lipinski definition) is 9. The number of H-pyrrole nitrogens is 1. The van der Waals surface area contributed by atoms with E-state index < -0.39 is 71.8 Å². The van der Waals surface area contributed by atoms with Crippen molar-refractivity contribution < 1.29 is 43.7 Å². The molecule has 0 fully saturated rings. The highest BCUT2D eigenvalue weighted by Crippen LogP contribution is 2.23.